The van der Waals surface area contributed by atoms with E-state index >= 15 is 0 Å². The number of carbonyl (C=O) groups excluding carboxylic acids is 2. The highest BCUT2D eigenvalue weighted by Gasteiger charge is 2.79. The van der Waals surface area contributed by atoms with E-state index in [0.717, 1.165) is 0 Å². The van der Waals surface area contributed by atoms with Crippen molar-refractivity contribution in [2.45, 2.75) is 49.3 Å². The first-order chi connectivity index (χ1) is 12.3. The summed E-state index contributed by atoms with van der Waals surface area (Å²) in [7, 11) is 1.28. The van der Waals surface area contributed by atoms with Crippen LogP contribution in [-0.2, 0) is 28.5 Å². The Hall–Kier alpha value is -2.00. The van der Waals surface area contributed by atoms with Gasteiger partial charge in [0.1, 0.15) is 12.2 Å². The molecular weight excluding hydrogens is 342 g/mol. The first-order valence-corrected chi connectivity index (χ1v) is 8.52. The lowest BCUT2D eigenvalue weighted by Crippen LogP contribution is -2.67. The van der Waals surface area contributed by atoms with Crippen molar-refractivity contribution in [2.75, 3.05) is 19.0 Å². The van der Waals surface area contributed by atoms with E-state index in [-0.39, 0.29) is 12.4 Å². The SMILES string of the molecule is COC(=O)[C@@]12OC(C)(C)O[C@@H]1[C@H]1COC3(Nc4ccccc4C3=O)[C@@H]2O1. The fraction of sp³-hybridized carbons (Fsp3) is 0.556. The zero-order valence-electron chi connectivity index (χ0n) is 14.6. The summed E-state index contributed by atoms with van der Waals surface area (Å²) in [6.07, 6.45) is -2.31. The molecule has 0 aliphatic carbocycles. The average Bonchev–Trinajstić information content (AvgIpc) is 3.16. The number of carbonyl (C=O) groups is 2. The maximum Gasteiger partial charge on any atom is 0.344 e. The molecule has 1 N–H and O–H groups in total. The predicted molar refractivity (Wildman–Crippen MR) is 86.5 cm³/mol. The molecule has 1 aromatic carbocycles. The van der Waals surface area contributed by atoms with Crippen molar-refractivity contribution in [2.24, 2.45) is 0 Å². The lowest BCUT2D eigenvalue weighted by Gasteiger charge is -2.42. The fourth-order valence-corrected chi connectivity index (χ4v) is 4.56. The first kappa shape index (κ1) is 16.2. The van der Waals surface area contributed by atoms with E-state index in [9.17, 15) is 9.59 Å². The van der Waals surface area contributed by atoms with Crippen molar-refractivity contribution in [1.29, 1.82) is 0 Å². The predicted octanol–water partition coefficient (Wildman–Crippen LogP) is 0.852. The summed E-state index contributed by atoms with van der Waals surface area (Å²) in [5.41, 5.74) is -2.05. The van der Waals surface area contributed by atoms with Crippen LogP contribution in [0.25, 0.3) is 0 Å². The molecule has 0 saturated carbocycles. The molecule has 4 aliphatic heterocycles. The van der Waals surface area contributed by atoms with Gasteiger partial charge in [0.05, 0.1) is 13.7 Å². The van der Waals surface area contributed by atoms with Crippen LogP contribution in [-0.4, -0.2) is 60.9 Å². The zero-order chi connectivity index (χ0) is 18.3. The number of Topliss-reactive ketones (excluding diaryl/α,β-unsaturated/α-hetero) is 1. The van der Waals surface area contributed by atoms with E-state index in [1.165, 1.54) is 7.11 Å². The van der Waals surface area contributed by atoms with Crippen molar-refractivity contribution >= 4 is 17.4 Å². The molecule has 138 valence electrons. The van der Waals surface area contributed by atoms with Crippen LogP contribution in [0.15, 0.2) is 24.3 Å². The van der Waals surface area contributed by atoms with Gasteiger partial charge in [-0.05, 0) is 26.0 Å². The van der Waals surface area contributed by atoms with Gasteiger partial charge in [-0.1, -0.05) is 12.1 Å². The van der Waals surface area contributed by atoms with Crippen LogP contribution < -0.4 is 5.32 Å². The van der Waals surface area contributed by atoms with Gasteiger partial charge in [0.15, 0.2) is 11.9 Å². The number of hydrogen-bond acceptors (Lipinski definition) is 8. The van der Waals surface area contributed by atoms with Crippen LogP contribution in [0.4, 0.5) is 5.69 Å². The highest BCUT2D eigenvalue weighted by Crippen LogP contribution is 2.55. The summed E-state index contributed by atoms with van der Waals surface area (Å²) in [5.74, 6) is -1.96. The Kier molecular flexibility index (Phi) is 3.01. The maximum atomic E-state index is 13.2. The molecule has 8 heteroatoms. The summed E-state index contributed by atoms with van der Waals surface area (Å²) in [4.78, 5) is 26.1. The van der Waals surface area contributed by atoms with Crippen LogP contribution in [0.3, 0.4) is 0 Å². The topological polar surface area (TPSA) is 92.3 Å². The third-order valence-electron chi connectivity index (χ3n) is 5.46. The zero-order valence-corrected chi connectivity index (χ0v) is 14.6. The third-order valence-corrected chi connectivity index (χ3v) is 5.46. The van der Waals surface area contributed by atoms with Gasteiger partial charge in [0.2, 0.25) is 17.1 Å². The quantitative estimate of drug-likeness (QED) is 0.736. The smallest absolute Gasteiger partial charge is 0.344 e. The molecule has 0 amide bonds. The van der Waals surface area contributed by atoms with Crippen molar-refractivity contribution < 1.29 is 33.3 Å². The molecule has 1 unspecified atom stereocenters. The van der Waals surface area contributed by atoms with E-state index in [0.29, 0.717) is 11.3 Å². The lowest BCUT2D eigenvalue weighted by molar-refractivity contribution is -0.259. The van der Waals surface area contributed by atoms with Crippen molar-refractivity contribution in [3.05, 3.63) is 29.8 Å². The molecule has 8 nitrogen and oxygen atoms in total. The van der Waals surface area contributed by atoms with E-state index in [1.54, 1.807) is 32.0 Å². The van der Waals surface area contributed by atoms with Gasteiger partial charge in [-0.3, -0.25) is 4.79 Å². The average molecular weight is 361 g/mol. The lowest BCUT2D eigenvalue weighted by atomic mass is 9.84. The number of fused-ring (bicyclic) bond motifs is 7. The molecule has 5 rings (SSSR count). The molecule has 0 radical (unpaired) electrons. The minimum absolute atomic E-state index is 0.0894. The second-order valence-electron chi connectivity index (χ2n) is 7.43. The first-order valence-electron chi connectivity index (χ1n) is 8.52. The molecule has 3 fully saturated rings. The number of benzene rings is 1. The van der Waals surface area contributed by atoms with Gasteiger partial charge in [-0.25, -0.2) is 4.79 Å². The van der Waals surface area contributed by atoms with E-state index < -0.39 is 41.4 Å². The van der Waals surface area contributed by atoms with Crippen LogP contribution in [0.1, 0.15) is 24.2 Å². The molecule has 0 aromatic heterocycles. The highest BCUT2D eigenvalue weighted by molar-refractivity contribution is 6.13. The Morgan fingerprint density at radius 2 is 2.08 bits per heavy atom. The largest absolute Gasteiger partial charge is 0.467 e. The molecular formula is C18H19NO7. The van der Waals surface area contributed by atoms with Crippen LogP contribution >= 0.6 is 0 Å². The number of ether oxygens (including phenoxy) is 5. The van der Waals surface area contributed by atoms with Gasteiger partial charge in [-0.15, -0.1) is 0 Å². The van der Waals surface area contributed by atoms with E-state index in [2.05, 4.69) is 5.32 Å². The Labute approximate surface area is 149 Å². The second kappa shape index (κ2) is 4.83. The minimum Gasteiger partial charge on any atom is -0.467 e. The van der Waals surface area contributed by atoms with Gasteiger partial charge in [-0.2, -0.15) is 0 Å². The van der Waals surface area contributed by atoms with Gasteiger partial charge in [0, 0.05) is 11.3 Å². The Balaban J connectivity index is 1.66. The number of methoxy groups -OCH3 is 1. The normalized spacial score (nSPS) is 41.7. The number of anilines is 1. The number of hydrogen-bond donors (Lipinski definition) is 1. The summed E-state index contributed by atoms with van der Waals surface area (Å²) < 4.78 is 29.1. The van der Waals surface area contributed by atoms with E-state index in [4.69, 9.17) is 23.7 Å². The number of rotatable bonds is 1. The molecule has 1 aromatic rings. The summed E-state index contributed by atoms with van der Waals surface area (Å²) in [6, 6.07) is 7.08. The van der Waals surface area contributed by atoms with Crippen LogP contribution in [0.2, 0.25) is 0 Å². The van der Waals surface area contributed by atoms with Gasteiger partial charge < -0.3 is 29.0 Å². The summed E-state index contributed by atoms with van der Waals surface area (Å²) in [5, 5.41) is 3.13. The fourth-order valence-electron chi connectivity index (χ4n) is 4.56. The van der Waals surface area contributed by atoms with Gasteiger partial charge in [0.25, 0.3) is 0 Å². The number of ketones is 1. The van der Waals surface area contributed by atoms with E-state index in [1.807, 2.05) is 6.07 Å². The number of esters is 1. The summed E-state index contributed by atoms with van der Waals surface area (Å²) in [6.45, 7) is 3.53. The summed E-state index contributed by atoms with van der Waals surface area (Å²) >= 11 is 0. The van der Waals surface area contributed by atoms with Crippen LogP contribution in [0.5, 0.6) is 0 Å². The highest BCUT2D eigenvalue weighted by atomic mass is 16.8. The molecule has 4 heterocycles. The third kappa shape index (κ3) is 1.72. The Morgan fingerprint density at radius 3 is 2.81 bits per heavy atom. The Bertz CT molecular complexity index is 824. The van der Waals surface area contributed by atoms with Crippen molar-refractivity contribution in [3.8, 4) is 0 Å². The molecule has 4 aliphatic rings. The van der Waals surface area contributed by atoms with Crippen molar-refractivity contribution in [1.82, 2.24) is 0 Å². The standard InChI is InChI=1S/C18H19NO7/c1-16(2)25-13-11-8-23-18(12(20)9-6-4-5-7-10(9)19-18)14(24-11)17(13,26-16)15(21)22-3/h4-7,11,13-14,19H,8H2,1-3H3/t11-,13-,14-,17-,18?/m1/s1. The second-order valence-corrected chi connectivity index (χ2v) is 7.43. The minimum atomic E-state index is -1.59. The molecule has 26 heavy (non-hydrogen) atoms. The molecule has 3 saturated heterocycles. The number of para-hydroxylation sites is 1. The van der Waals surface area contributed by atoms with Crippen LogP contribution in [0, 0.1) is 0 Å². The molecule has 1 spiro atoms. The van der Waals surface area contributed by atoms with Gasteiger partial charge >= 0.3 is 5.97 Å². The molecule has 2 bridgehead atoms. The monoisotopic (exact) mass is 361 g/mol. The molecule has 5 atom stereocenters. The Morgan fingerprint density at radius 1 is 1.31 bits per heavy atom. The van der Waals surface area contributed by atoms with Crippen molar-refractivity contribution in [3.63, 3.8) is 0 Å². The maximum absolute atomic E-state index is 13.2. The number of nitrogens with one attached hydrogen (secondary N) is 1.